The molecule has 0 spiro atoms. The molecule has 0 aliphatic rings. The van der Waals surface area contributed by atoms with Crippen LogP contribution in [-0.2, 0) is 0 Å². The number of anilines is 1. The lowest BCUT2D eigenvalue weighted by Crippen LogP contribution is -2.32. The first-order valence-electron chi connectivity index (χ1n) is 3.41. The standard InChI is InChI=1S/C5H11N5O/c1-2-3-10(6)4-7-5(11)9-8-4/h2-3,6H2,1H3,(H2,7,8,9,11). The normalized spacial score (nSPS) is 10.0. The van der Waals surface area contributed by atoms with Crippen LogP contribution in [0.15, 0.2) is 4.79 Å². The number of nitrogens with two attached hydrogens (primary N) is 1. The Kier molecular flexibility index (Phi) is 2.27. The van der Waals surface area contributed by atoms with E-state index in [1.807, 2.05) is 6.92 Å². The second-order valence-corrected chi connectivity index (χ2v) is 2.18. The van der Waals surface area contributed by atoms with Crippen molar-refractivity contribution in [3.8, 4) is 0 Å². The molecule has 0 bridgehead atoms. The molecule has 0 aliphatic heterocycles. The van der Waals surface area contributed by atoms with Gasteiger partial charge in [-0.1, -0.05) is 6.92 Å². The third-order valence-corrected chi connectivity index (χ3v) is 1.23. The van der Waals surface area contributed by atoms with E-state index < -0.39 is 5.69 Å². The van der Waals surface area contributed by atoms with Crippen molar-refractivity contribution in [2.45, 2.75) is 13.3 Å². The molecule has 0 amide bonds. The second kappa shape index (κ2) is 3.20. The lowest BCUT2D eigenvalue weighted by Gasteiger charge is -2.11. The van der Waals surface area contributed by atoms with E-state index in [9.17, 15) is 4.79 Å². The van der Waals surface area contributed by atoms with Gasteiger partial charge in [-0.3, -0.25) is 10.1 Å². The molecule has 1 heterocycles. The van der Waals surface area contributed by atoms with Crippen molar-refractivity contribution in [1.82, 2.24) is 15.2 Å². The van der Waals surface area contributed by atoms with Gasteiger partial charge in [0.2, 0.25) is 5.95 Å². The summed E-state index contributed by atoms with van der Waals surface area (Å²) >= 11 is 0. The lowest BCUT2D eigenvalue weighted by atomic mass is 10.5. The van der Waals surface area contributed by atoms with Crippen molar-refractivity contribution < 1.29 is 0 Å². The summed E-state index contributed by atoms with van der Waals surface area (Å²) in [5.74, 6) is 5.87. The van der Waals surface area contributed by atoms with Crippen LogP contribution < -0.4 is 16.5 Å². The molecule has 0 unspecified atom stereocenters. The van der Waals surface area contributed by atoms with Crippen molar-refractivity contribution >= 4 is 5.95 Å². The first-order valence-corrected chi connectivity index (χ1v) is 3.41. The van der Waals surface area contributed by atoms with Gasteiger partial charge in [-0.15, -0.1) is 0 Å². The maximum Gasteiger partial charge on any atom is 0.362 e. The fourth-order valence-corrected chi connectivity index (χ4v) is 0.744. The summed E-state index contributed by atoms with van der Waals surface area (Å²) in [5.41, 5.74) is -0.411. The molecule has 1 aromatic rings. The molecule has 11 heavy (non-hydrogen) atoms. The van der Waals surface area contributed by atoms with E-state index in [1.54, 1.807) is 0 Å². The zero-order valence-electron chi connectivity index (χ0n) is 6.29. The second-order valence-electron chi connectivity index (χ2n) is 2.18. The lowest BCUT2D eigenvalue weighted by molar-refractivity contribution is 0.776. The summed E-state index contributed by atoms with van der Waals surface area (Å²) in [6.07, 6.45) is 0.908. The number of hydrazine groups is 1. The van der Waals surface area contributed by atoms with Gasteiger partial charge in [-0.2, -0.15) is 4.98 Å². The number of nitrogens with zero attached hydrogens (tertiary/aromatic N) is 2. The highest BCUT2D eigenvalue weighted by atomic mass is 16.1. The van der Waals surface area contributed by atoms with Gasteiger partial charge in [-0.25, -0.2) is 15.7 Å². The molecule has 6 nitrogen and oxygen atoms in total. The van der Waals surface area contributed by atoms with Crippen LogP contribution in [0.25, 0.3) is 0 Å². The molecule has 1 rings (SSSR count). The van der Waals surface area contributed by atoms with Crippen molar-refractivity contribution in [2.75, 3.05) is 11.6 Å². The smallest absolute Gasteiger partial charge is 0.279 e. The minimum absolute atomic E-state index is 0.372. The molecule has 0 fully saturated rings. The van der Waals surface area contributed by atoms with Gasteiger partial charge in [0.05, 0.1) is 0 Å². The van der Waals surface area contributed by atoms with Gasteiger partial charge in [-0.05, 0) is 6.42 Å². The molecule has 0 radical (unpaired) electrons. The molecule has 4 N–H and O–H groups in total. The van der Waals surface area contributed by atoms with Gasteiger partial charge in [0.1, 0.15) is 0 Å². The molecule has 1 aromatic heterocycles. The van der Waals surface area contributed by atoms with Gasteiger partial charge in [0.15, 0.2) is 0 Å². The average molecular weight is 157 g/mol. The summed E-state index contributed by atoms with van der Waals surface area (Å²) in [7, 11) is 0. The third kappa shape index (κ3) is 1.81. The van der Waals surface area contributed by atoms with Crippen LogP contribution in [0.5, 0.6) is 0 Å². The van der Waals surface area contributed by atoms with Crippen molar-refractivity contribution in [2.24, 2.45) is 5.84 Å². The predicted octanol–water partition coefficient (Wildman–Crippen LogP) is -0.812. The van der Waals surface area contributed by atoms with Crippen molar-refractivity contribution in [1.29, 1.82) is 0 Å². The van der Waals surface area contributed by atoms with E-state index in [1.165, 1.54) is 5.01 Å². The Morgan fingerprint density at radius 3 is 2.82 bits per heavy atom. The Bertz CT molecular complexity index is 264. The molecular formula is C5H11N5O. The number of nitrogens with one attached hydrogen (secondary N) is 2. The minimum Gasteiger partial charge on any atom is -0.279 e. The van der Waals surface area contributed by atoms with Gasteiger partial charge < -0.3 is 0 Å². The first-order chi connectivity index (χ1) is 5.24. The van der Waals surface area contributed by atoms with E-state index in [0.29, 0.717) is 12.5 Å². The monoisotopic (exact) mass is 157 g/mol. The molecule has 0 atom stereocenters. The van der Waals surface area contributed by atoms with Crippen molar-refractivity contribution in [3.63, 3.8) is 0 Å². The highest BCUT2D eigenvalue weighted by molar-refractivity contribution is 5.22. The summed E-state index contributed by atoms with van der Waals surface area (Å²) in [6.45, 7) is 2.66. The third-order valence-electron chi connectivity index (χ3n) is 1.23. The maximum atomic E-state index is 10.5. The van der Waals surface area contributed by atoms with Gasteiger partial charge in [0.25, 0.3) is 0 Å². The van der Waals surface area contributed by atoms with Crippen LogP contribution in [0.3, 0.4) is 0 Å². The fraction of sp³-hybridized carbons (Fsp3) is 0.600. The van der Waals surface area contributed by atoms with Crippen LogP contribution in [0, 0.1) is 0 Å². The van der Waals surface area contributed by atoms with Crippen molar-refractivity contribution in [3.05, 3.63) is 10.5 Å². The number of aromatic nitrogens is 3. The topological polar surface area (TPSA) is 90.8 Å². The van der Waals surface area contributed by atoms with E-state index >= 15 is 0 Å². The average Bonchev–Trinajstić information content (AvgIpc) is 2.36. The number of hydrogen-bond donors (Lipinski definition) is 3. The van der Waals surface area contributed by atoms with E-state index in [-0.39, 0.29) is 0 Å². The Labute approximate surface area is 63.4 Å². The van der Waals surface area contributed by atoms with E-state index in [0.717, 1.165) is 6.42 Å². The Hall–Kier alpha value is -1.30. The fourth-order valence-electron chi connectivity index (χ4n) is 0.744. The highest BCUT2D eigenvalue weighted by Gasteiger charge is 2.02. The van der Waals surface area contributed by atoms with Crippen LogP contribution >= 0.6 is 0 Å². The van der Waals surface area contributed by atoms with E-state index in [4.69, 9.17) is 5.84 Å². The summed E-state index contributed by atoms with van der Waals surface area (Å²) in [4.78, 5) is 14.1. The number of H-pyrrole nitrogens is 2. The predicted molar refractivity (Wildman–Crippen MR) is 41.0 cm³/mol. The van der Waals surface area contributed by atoms with Crippen LogP contribution in [-0.4, -0.2) is 21.7 Å². The number of hydrogen-bond acceptors (Lipinski definition) is 4. The zero-order chi connectivity index (χ0) is 8.27. The molecule has 62 valence electrons. The van der Waals surface area contributed by atoms with Crippen LogP contribution in [0.4, 0.5) is 5.95 Å². The first kappa shape index (κ1) is 7.80. The number of rotatable bonds is 3. The molecule has 0 aliphatic carbocycles. The minimum atomic E-state index is -0.411. The molecular weight excluding hydrogens is 146 g/mol. The Morgan fingerprint density at radius 1 is 1.64 bits per heavy atom. The molecule has 0 saturated heterocycles. The molecule has 0 saturated carbocycles. The number of aromatic amines is 2. The largest absolute Gasteiger partial charge is 0.362 e. The highest BCUT2D eigenvalue weighted by Crippen LogP contribution is 1.95. The van der Waals surface area contributed by atoms with Crippen LogP contribution in [0.2, 0.25) is 0 Å². The summed E-state index contributed by atoms with van der Waals surface area (Å²) in [5, 5.41) is 6.22. The molecule has 6 heteroatoms. The zero-order valence-corrected chi connectivity index (χ0v) is 6.29. The van der Waals surface area contributed by atoms with Crippen LogP contribution in [0.1, 0.15) is 13.3 Å². The summed E-state index contributed by atoms with van der Waals surface area (Å²) in [6, 6.07) is 0. The maximum absolute atomic E-state index is 10.5. The quantitative estimate of drug-likeness (QED) is 0.395. The Balaban J connectivity index is 2.68. The van der Waals surface area contributed by atoms with E-state index in [2.05, 4.69) is 15.2 Å². The SMILES string of the molecule is CCCN(N)c1nc(=O)[nH][nH]1. The molecule has 0 aromatic carbocycles. The van der Waals surface area contributed by atoms with Gasteiger partial charge >= 0.3 is 5.69 Å². The summed E-state index contributed by atoms with van der Waals surface area (Å²) < 4.78 is 0. The van der Waals surface area contributed by atoms with Gasteiger partial charge in [0, 0.05) is 6.54 Å². The Morgan fingerprint density at radius 2 is 2.36 bits per heavy atom.